The van der Waals surface area contributed by atoms with Crippen LogP contribution in [0.4, 0.5) is 0 Å². The molecule has 4 heteroatoms. The van der Waals surface area contributed by atoms with E-state index < -0.39 is 0 Å². The van der Waals surface area contributed by atoms with Crippen molar-refractivity contribution in [1.82, 2.24) is 5.32 Å². The van der Waals surface area contributed by atoms with E-state index in [0.29, 0.717) is 6.54 Å². The van der Waals surface area contributed by atoms with E-state index in [1.54, 1.807) is 6.26 Å². The summed E-state index contributed by atoms with van der Waals surface area (Å²) in [5.41, 5.74) is 2.24. The fourth-order valence-corrected chi connectivity index (χ4v) is 3.78. The van der Waals surface area contributed by atoms with E-state index in [0.717, 1.165) is 16.9 Å². The van der Waals surface area contributed by atoms with Crippen LogP contribution in [0.5, 0.6) is 0 Å². The van der Waals surface area contributed by atoms with Gasteiger partial charge in [0.25, 0.3) is 5.91 Å². The molecular formula is C25H25N2O2+. The number of carbonyl (C=O) groups excluding carboxylic acids is 1. The highest BCUT2D eigenvalue weighted by Crippen LogP contribution is 2.24. The van der Waals surface area contributed by atoms with Gasteiger partial charge in [0.05, 0.1) is 12.3 Å². The van der Waals surface area contributed by atoms with Crippen LogP contribution in [0.25, 0.3) is 10.8 Å². The van der Waals surface area contributed by atoms with Crippen LogP contribution in [0.15, 0.2) is 95.6 Å². The van der Waals surface area contributed by atoms with Crippen LogP contribution < -0.4 is 10.6 Å². The second kappa shape index (κ2) is 8.76. The van der Waals surface area contributed by atoms with Gasteiger partial charge in [0.1, 0.15) is 0 Å². The van der Waals surface area contributed by atoms with Crippen molar-refractivity contribution in [2.45, 2.75) is 19.0 Å². The number of carbonyl (C=O) groups is 1. The summed E-state index contributed by atoms with van der Waals surface area (Å²) in [5.74, 6) is 0.837. The van der Waals surface area contributed by atoms with Gasteiger partial charge in [0.2, 0.25) is 0 Å². The van der Waals surface area contributed by atoms with Gasteiger partial charge in [-0.2, -0.15) is 0 Å². The Balaban J connectivity index is 1.45. The maximum absolute atomic E-state index is 12.7. The number of benzene rings is 3. The lowest BCUT2D eigenvalue weighted by Crippen LogP contribution is -2.87. The lowest BCUT2D eigenvalue weighted by atomic mass is 9.99. The van der Waals surface area contributed by atoms with E-state index in [4.69, 9.17) is 4.42 Å². The molecule has 1 heterocycles. The average Bonchev–Trinajstić information content (AvgIpc) is 3.29. The molecule has 2 atom stereocenters. The van der Waals surface area contributed by atoms with Gasteiger partial charge in [0.15, 0.2) is 18.3 Å². The quantitative estimate of drug-likeness (QED) is 0.506. The predicted molar refractivity (Wildman–Crippen MR) is 114 cm³/mol. The molecule has 4 aromatic rings. The molecule has 0 spiro atoms. The maximum Gasteiger partial charge on any atom is 0.275 e. The van der Waals surface area contributed by atoms with Crippen LogP contribution in [0.1, 0.15) is 35.9 Å². The Labute approximate surface area is 170 Å². The van der Waals surface area contributed by atoms with Crippen LogP contribution in [-0.2, 0) is 4.79 Å². The molecule has 3 N–H and O–H groups in total. The second-order valence-corrected chi connectivity index (χ2v) is 7.20. The van der Waals surface area contributed by atoms with E-state index in [2.05, 4.69) is 41.7 Å². The van der Waals surface area contributed by atoms with Crippen molar-refractivity contribution in [3.63, 3.8) is 0 Å². The third kappa shape index (κ3) is 4.39. The zero-order valence-electron chi connectivity index (χ0n) is 16.4. The highest BCUT2D eigenvalue weighted by atomic mass is 16.3. The first kappa shape index (κ1) is 19.0. The largest absolute Gasteiger partial charge is 0.463 e. The molecule has 0 unspecified atom stereocenters. The van der Waals surface area contributed by atoms with E-state index in [-0.39, 0.29) is 18.0 Å². The molecule has 0 radical (unpaired) electrons. The Kier molecular flexibility index (Phi) is 5.73. The fraction of sp³-hybridized carbons (Fsp3) is 0.160. The highest BCUT2D eigenvalue weighted by molar-refractivity contribution is 5.87. The summed E-state index contributed by atoms with van der Waals surface area (Å²) in [7, 11) is 0. The minimum atomic E-state index is -0.0687. The molecule has 4 nitrogen and oxygen atoms in total. The summed E-state index contributed by atoms with van der Waals surface area (Å²) >= 11 is 0. The minimum absolute atomic E-state index is 0.00192. The molecular weight excluding hydrogens is 360 g/mol. The van der Waals surface area contributed by atoms with Gasteiger partial charge in [-0.05, 0) is 35.4 Å². The number of nitrogens with two attached hydrogens (primary N) is 1. The zero-order valence-corrected chi connectivity index (χ0v) is 16.4. The van der Waals surface area contributed by atoms with Gasteiger partial charge in [-0.15, -0.1) is 0 Å². The summed E-state index contributed by atoms with van der Waals surface area (Å²) in [4.78, 5) is 12.7. The Bertz CT molecular complexity index is 1070. The standard InChI is InChI=1S/C25H24N2O2/c1-18(21-14-7-12-19-9-5-6-13-22(19)21)27-24(28)17-26-25(23-15-8-16-29-23)20-10-3-2-4-11-20/h2-16,18,25-26H,17H2,1H3,(H,27,28)/p+1/t18-,25+/m1/s1. The SMILES string of the molecule is C[C@@H](NC(=O)C[NH2+][C@@H](c1ccccc1)c1ccco1)c1cccc2ccccc12. The molecule has 29 heavy (non-hydrogen) atoms. The molecule has 3 aromatic carbocycles. The van der Waals surface area contributed by atoms with Crippen molar-refractivity contribution in [3.8, 4) is 0 Å². The van der Waals surface area contributed by atoms with Gasteiger partial charge < -0.3 is 15.1 Å². The van der Waals surface area contributed by atoms with Crippen LogP contribution in [0.2, 0.25) is 0 Å². The first-order valence-electron chi connectivity index (χ1n) is 9.91. The number of nitrogens with one attached hydrogen (secondary N) is 1. The monoisotopic (exact) mass is 385 g/mol. The first-order chi connectivity index (χ1) is 14.2. The number of hydrogen-bond donors (Lipinski definition) is 2. The number of rotatable bonds is 7. The van der Waals surface area contributed by atoms with Crippen molar-refractivity contribution in [2.75, 3.05) is 6.54 Å². The van der Waals surface area contributed by atoms with E-state index in [9.17, 15) is 4.79 Å². The Morgan fingerprint density at radius 2 is 1.69 bits per heavy atom. The Morgan fingerprint density at radius 3 is 2.48 bits per heavy atom. The third-order valence-corrected chi connectivity index (χ3v) is 5.21. The zero-order chi connectivity index (χ0) is 20.1. The number of hydrogen-bond acceptors (Lipinski definition) is 2. The molecule has 146 valence electrons. The highest BCUT2D eigenvalue weighted by Gasteiger charge is 2.22. The molecule has 0 fully saturated rings. The summed E-state index contributed by atoms with van der Waals surface area (Å²) in [6, 6.07) is 28.3. The maximum atomic E-state index is 12.7. The van der Waals surface area contributed by atoms with E-state index >= 15 is 0 Å². The summed E-state index contributed by atoms with van der Waals surface area (Å²) in [6.07, 6.45) is 1.67. The molecule has 4 rings (SSSR count). The number of quaternary nitrogens is 1. The van der Waals surface area contributed by atoms with Crippen LogP contribution in [0, 0.1) is 0 Å². The lowest BCUT2D eigenvalue weighted by molar-refractivity contribution is -0.678. The summed E-state index contributed by atoms with van der Waals surface area (Å²) in [6.45, 7) is 2.34. The lowest BCUT2D eigenvalue weighted by Gasteiger charge is -2.18. The van der Waals surface area contributed by atoms with Crippen molar-refractivity contribution in [3.05, 3.63) is 108 Å². The van der Waals surface area contributed by atoms with Crippen molar-refractivity contribution in [1.29, 1.82) is 0 Å². The molecule has 1 aromatic heterocycles. The normalized spacial score (nSPS) is 13.1. The van der Waals surface area contributed by atoms with Gasteiger partial charge in [0, 0.05) is 5.56 Å². The smallest absolute Gasteiger partial charge is 0.275 e. The van der Waals surface area contributed by atoms with Crippen molar-refractivity contribution < 1.29 is 14.5 Å². The topological polar surface area (TPSA) is 58.9 Å². The average molecular weight is 385 g/mol. The molecule has 0 aliphatic carbocycles. The summed E-state index contributed by atoms with van der Waals surface area (Å²) in [5, 5.41) is 7.50. The minimum Gasteiger partial charge on any atom is -0.463 e. The third-order valence-electron chi connectivity index (χ3n) is 5.21. The van der Waals surface area contributed by atoms with Gasteiger partial charge >= 0.3 is 0 Å². The number of amides is 1. The van der Waals surface area contributed by atoms with Crippen LogP contribution >= 0.6 is 0 Å². The Morgan fingerprint density at radius 1 is 0.931 bits per heavy atom. The summed E-state index contributed by atoms with van der Waals surface area (Å²) < 4.78 is 5.62. The molecule has 0 saturated heterocycles. The van der Waals surface area contributed by atoms with Crippen molar-refractivity contribution in [2.24, 2.45) is 0 Å². The van der Waals surface area contributed by atoms with Gasteiger partial charge in [-0.1, -0.05) is 72.8 Å². The molecule has 0 bridgehead atoms. The van der Waals surface area contributed by atoms with Crippen LogP contribution in [-0.4, -0.2) is 12.5 Å². The molecule has 0 aliphatic rings. The fourth-order valence-electron chi connectivity index (χ4n) is 3.78. The number of furan rings is 1. The molecule has 1 amide bonds. The molecule has 0 saturated carbocycles. The second-order valence-electron chi connectivity index (χ2n) is 7.20. The van der Waals surface area contributed by atoms with Gasteiger partial charge in [-0.3, -0.25) is 4.79 Å². The van der Waals surface area contributed by atoms with Crippen LogP contribution in [0.3, 0.4) is 0 Å². The van der Waals surface area contributed by atoms with E-state index in [1.165, 1.54) is 10.8 Å². The predicted octanol–water partition coefficient (Wildman–Crippen LogP) is 3.96. The molecule has 0 aliphatic heterocycles. The first-order valence-corrected chi connectivity index (χ1v) is 9.91. The Hall–Kier alpha value is -3.37. The van der Waals surface area contributed by atoms with Gasteiger partial charge in [-0.25, -0.2) is 0 Å². The van der Waals surface area contributed by atoms with E-state index in [1.807, 2.05) is 60.8 Å². The number of fused-ring (bicyclic) bond motifs is 1. The van der Waals surface area contributed by atoms with Crippen molar-refractivity contribution >= 4 is 16.7 Å².